The molecule has 0 amide bonds. The van der Waals surface area contributed by atoms with Gasteiger partial charge in [-0.05, 0) is 107 Å². The molecular formula is C49H44N2O2Pt. The second-order valence-electron chi connectivity index (χ2n) is 17.4. The fourth-order valence-corrected chi connectivity index (χ4v) is 10.7. The van der Waals surface area contributed by atoms with E-state index in [1.165, 1.54) is 47.1 Å². The van der Waals surface area contributed by atoms with Gasteiger partial charge in [0.2, 0.25) is 5.88 Å². The Kier molecular flexibility index (Phi) is 8.51. The molecule has 3 heterocycles. The van der Waals surface area contributed by atoms with E-state index in [9.17, 15) is 0 Å². The Balaban J connectivity index is 0.00000384. The van der Waals surface area contributed by atoms with Gasteiger partial charge in [0.25, 0.3) is 0 Å². The van der Waals surface area contributed by atoms with Crippen molar-refractivity contribution >= 4 is 21.9 Å². The molecule has 0 unspecified atom stereocenters. The third kappa shape index (κ3) is 6.02. The zero-order chi connectivity index (χ0) is 36.0. The molecule has 0 aliphatic heterocycles. The molecule has 1 spiro atoms. The third-order valence-corrected chi connectivity index (χ3v) is 12.7. The third-order valence-electron chi connectivity index (χ3n) is 12.7. The summed E-state index contributed by atoms with van der Waals surface area (Å²) < 4.78 is 13.3. The van der Waals surface area contributed by atoms with Crippen molar-refractivity contribution in [3.8, 4) is 34.1 Å². The van der Waals surface area contributed by atoms with Gasteiger partial charge in [-0.1, -0.05) is 70.5 Å². The van der Waals surface area contributed by atoms with E-state index in [4.69, 9.17) is 19.1 Å². The van der Waals surface area contributed by atoms with Gasteiger partial charge in [-0.15, -0.1) is 17.7 Å². The molecule has 3 aliphatic rings. The molecule has 10 rings (SSSR count). The van der Waals surface area contributed by atoms with Crippen molar-refractivity contribution in [1.29, 1.82) is 0 Å². The number of hydrogen-bond acceptors (Lipinski definition) is 4. The Bertz CT molecular complexity index is 2510. The summed E-state index contributed by atoms with van der Waals surface area (Å²) in [5.74, 6) is 1.51. The second-order valence-corrected chi connectivity index (χ2v) is 17.4. The molecule has 5 heteroatoms. The Morgan fingerprint density at radius 2 is 1.44 bits per heavy atom. The molecule has 3 aromatic heterocycles. The maximum absolute atomic E-state index is 6.67. The molecule has 1 fully saturated rings. The Morgan fingerprint density at radius 1 is 0.722 bits per heavy atom. The summed E-state index contributed by atoms with van der Waals surface area (Å²) in [6.07, 6.45) is 10.0. The number of benzene rings is 4. The van der Waals surface area contributed by atoms with Crippen molar-refractivity contribution in [3.05, 3.63) is 143 Å². The topological polar surface area (TPSA) is 48.2 Å². The van der Waals surface area contributed by atoms with Crippen LogP contribution in [0.3, 0.4) is 0 Å². The predicted molar refractivity (Wildman–Crippen MR) is 212 cm³/mol. The van der Waals surface area contributed by atoms with Gasteiger partial charge in [-0.2, -0.15) is 30.3 Å². The molecule has 7 aromatic rings. The molecule has 0 N–H and O–H groups in total. The van der Waals surface area contributed by atoms with Crippen molar-refractivity contribution < 1.29 is 30.2 Å². The Labute approximate surface area is 332 Å². The number of ether oxygens (including phenoxy) is 1. The number of pyridine rings is 2. The minimum absolute atomic E-state index is 0. The summed E-state index contributed by atoms with van der Waals surface area (Å²) in [4.78, 5) is 9.84. The molecule has 4 aromatic carbocycles. The average Bonchev–Trinajstić information content (AvgIpc) is 3.80. The largest absolute Gasteiger partial charge is 2.00 e. The van der Waals surface area contributed by atoms with Crippen LogP contribution in [0.1, 0.15) is 80.7 Å². The molecule has 272 valence electrons. The molecule has 0 radical (unpaired) electrons. The van der Waals surface area contributed by atoms with Crippen LogP contribution >= 0.6 is 0 Å². The number of aromatic nitrogens is 2. The second kappa shape index (κ2) is 13.1. The normalized spacial score (nSPS) is 18.1. The van der Waals surface area contributed by atoms with Gasteiger partial charge in [0.15, 0.2) is 5.58 Å². The standard InChI is InChI=1S/C49H44N2O2.Pt/c1-47(2)19-11-20-48(3,4)46(47)35-22-34(31-12-6-5-7-13-31)23-38(24-35)52-43-17-10-16-41(51-43)44-45-39(18-21-50-44)40-25-36-29-49(30-37(36)26-42(40)53-45)27-32-14-8-9-15-33(32)28-49;/h5-10,12,14-18,21-22,24-26,46H,11,19-20,27-30H2,1-4H3;/q-2;+2. The zero-order valence-corrected chi connectivity index (χ0v) is 33.6. The Morgan fingerprint density at radius 3 is 2.19 bits per heavy atom. The van der Waals surface area contributed by atoms with Gasteiger partial charge in [-0.25, -0.2) is 16.1 Å². The van der Waals surface area contributed by atoms with E-state index in [1.807, 2.05) is 36.5 Å². The van der Waals surface area contributed by atoms with Crippen LogP contribution in [0.15, 0.2) is 108 Å². The van der Waals surface area contributed by atoms with Crippen LogP contribution in [-0.2, 0) is 46.7 Å². The predicted octanol–water partition coefficient (Wildman–Crippen LogP) is 12.3. The fourth-order valence-electron chi connectivity index (χ4n) is 10.7. The number of fused-ring (bicyclic) bond motifs is 5. The summed E-state index contributed by atoms with van der Waals surface area (Å²) in [6, 6.07) is 41.2. The summed E-state index contributed by atoms with van der Waals surface area (Å²) in [6.45, 7) is 9.67. The maximum atomic E-state index is 6.67. The average molecular weight is 888 g/mol. The quantitative estimate of drug-likeness (QED) is 0.162. The molecule has 3 aliphatic carbocycles. The number of hydrogen-bond donors (Lipinski definition) is 0. The van der Waals surface area contributed by atoms with E-state index in [0.717, 1.165) is 64.4 Å². The minimum Gasteiger partial charge on any atom is -0.460 e. The van der Waals surface area contributed by atoms with Gasteiger partial charge >= 0.3 is 21.1 Å². The van der Waals surface area contributed by atoms with E-state index >= 15 is 0 Å². The molecule has 0 bridgehead atoms. The molecule has 1 saturated carbocycles. The van der Waals surface area contributed by atoms with Crippen LogP contribution in [0.2, 0.25) is 0 Å². The van der Waals surface area contributed by atoms with Crippen LogP contribution in [0, 0.1) is 28.4 Å². The SMILES string of the molecule is CC1(C)CCCC(C)(C)C1c1cc(Oc2cccc(-c3nccc4c3oc3cc5c(cc34)CC3(Cc4ccccc4C3)C5)n2)[c-]c(-c2[c-]cccc2)c1.[Pt+2]. The van der Waals surface area contributed by atoms with E-state index in [0.29, 0.717) is 23.2 Å². The monoisotopic (exact) mass is 887 g/mol. The summed E-state index contributed by atoms with van der Waals surface area (Å²) in [5, 5.41) is 2.21. The van der Waals surface area contributed by atoms with Crippen LogP contribution in [-0.4, -0.2) is 9.97 Å². The summed E-state index contributed by atoms with van der Waals surface area (Å²) in [5.41, 5.74) is 12.9. The smallest absolute Gasteiger partial charge is 0.460 e. The van der Waals surface area contributed by atoms with Gasteiger partial charge in [0.05, 0.1) is 5.69 Å². The Hall–Kier alpha value is -4.53. The summed E-state index contributed by atoms with van der Waals surface area (Å²) in [7, 11) is 0. The van der Waals surface area contributed by atoms with Crippen molar-refractivity contribution in [2.75, 3.05) is 0 Å². The van der Waals surface area contributed by atoms with Crippen LogP contribution < -0.4 is 4.74 Å². The molecule has 54 heavy (non-hydrogen) atoms. The van der Waals surface area contributed by atoms with Crippen molar-refractivity contribution in [1.82, 2.24) is 9.97 Å². The van der Waals surface area contributed by atoms with Crippen molar-refractivity contribution in [2.45, 2.75) is 78.6 Å². The molecular weight excluding hydrogens is 844 g/mol. The summed E-state index contributed by atoms with van der Waals surface area (Å²) >= 11 is 0. The molecule has 4 nitrogen and oxygen atoms in total. The van der Waals surface area contributed by atoms with Gasteiger partial charge < -0.3 is 9.15 Å². The van der Waals surface area contributed by atoms with Crippen LogP contribution in [0.25, 0.3) is 44.5 Å². The number of nitrogens with zero attached hydrogens (tertiary/aromatic N) is 2. The first-order chi connectivity index (χ1) is 25.6. The fraction of sp³-hybridized carbons (Fsp3) is 0.306. The van der Waals surface area contributed by atoms with Crippen molar-refractivity contribution in [2.24, 2.45) is 16.2 Å². The van der Waals surface area contributed by atoms with E-state index in [-0.39, 0.29) is 37.3 Å². The number of furan rings is 1. The molecule has 0 atom stereocenters. The van der Waals surface area contributed by atoms with Gasteiger partial charge in [0, 0.05) is 28.8 Å². The van der Waals surface area contributed by atoms with E-state index < -0.39 is 0 Å². The molecule has 0 saturated heterocycles. The van der Waals surface area contributed by atoms with Gasteiger partial charge in [0.1, 0.15) is 11.3 Å². The number of rotatable bonds is 5. The first kappa shape index (κ1) is 35.2. The first-order valence-electron chi connectivity index (χ1n) is 19.2. The van der Waals surface area contributed by atoms with Crippen molar-refractivity contribution in [3.63, 3.8) is 0 Å². The zero-order valence-electron chi connectivity index (χ0n) is 31.4. The maximum Gasteiger partial charge on any atom is 2.00 e. The van der Waals surface area contributed by atoms with E-state index in [1.54, 1.807) is 0 Å². The van der Waals surface area contributed by atoms with Crippen LogP contribution in [0.4, 0.5) is 0 Å². The van der Waals surface area contributed by atoms with E-state index in [2.05, 4.69) is 107 Å². The van der Waals surface area contributed by atoms with Gasteiger partial charge in [-0.3, -0.25) is 4.98 Å². The van der Waals surface area contributed by atoms with Crippen LogP contribution in [0.5, 0.6) is 11.6 Å². The first-order valence-corrected chi connectivity index (χ1v) is 19.2. The minimum atomic E-state index is 0.